The van der Waals surface area contributed by atoms with E-state index < -0.39 is 5.97 Å². The normalized spacial score (nSPS) is 12.1. The van der Waals surface area contributed by atoms with Crippen molar-refractivity contribution < 1.29 is 15.0 Å². The number of benzene rings is 2. The minimum Gasteiger partial charge on any atom is -0.508 e. The Morgan fingerprint density at radius 2 is 1.74 bits per heavy atom. The van der Waals surface area contributed by atoms with Gasteiger partial charge in [-0.05, 0) is 41.7 Å². The van der Waals surface area contributed by atoms with Gasteiger partial charge in [0.15, 0.2) is 0 Å². The second-order valence-electron chi connectivity index (χ2n) is 4.66. The third-order valence-electron chi connectivity index (χ3n) is 3.24. The topological polar surface area (TPSA) is 57.5 Å². The Hall–Kier alpha value is -2.29. The maximum atomic E-state index is 11.2. The highest BCUT2D eigenvalue weighted by Crippen LogP contribution is 2.24. The molecule has 98 valence electrons. The summed E-state index contributed by atoms with van der Waals surface area (Å²) in [6.45, 7) is 2.05. The largest absolute Gasteiger partial charge is 0.508 e. The summed E-state index contributed by atoms with van der Waals surface area (Å²) in [6.07, 6.45) is 0.660. The fourth-order valence-corrected chi connectivity index (χ4v) is 2.16. The van der Waals surface area contributed by atoms with Crippen LogP contribution in [0.1, 0.15) is 34.3 Å². The lowest BCUT2D eigenvalue weighted by Crippen LogP contribution is -2.06. The monoisotopic (exact) mass is 256 g/mol. The van der Waals surface area contributed by atoms with Crippen molar-refractivity contribution in [3.05, 3.63) is 65.2 Å². The molecule has 0 bridgehead atoms. The Kier molecular flexibility index (Phi) is 3.85. The third-order valence-corrected chi connectivity index (χ3v) is 3.24. The van der Waals surface area contributed by atoms with Gasteiger partial charge in [-0.2, -0.15) is 0 Å². The highest BCUT2D eigenvalue weighted by Gasteiger charge is 2.13. The lowest BCUT2D eigenvalue weighted by atomic mass is 9.91. The Morgan fingerprint density at radius 3 is 2.37 bits per heavy atom. The van der Waals surface area contributed by atoms with Crippen LogP contribution in [0, 0.1) is 0 Å². The van der Waals surface area contributed by atoms with E-state index in [-0.39, 0.29) is 11.7 Å². The molecular weight excluding hydrogens is 240 g/mol. The number of phenolic OH excluding ortho intramolecular Hbond substituents is 1. The molecule has 0 heterocycles. The molecule has 0 fully saturated rings. The number of hydrogen-bond acceptors (Lipinski definition) is 2. The van der Waals surface area contributed by atoms with Gasteiger partial charge in [-0.1, -0.05) is 37.3 Å². The van der Waals surface area contributed by atoms with Crippen molar-refractivity contribution in [2.24, 2.45) is 0 Å². The molecule has 19 heavy (non-hydrogen) atoms. The number of carbonyl (C=O) groups is 1. The summed E-state index contributed by atoms with van der Waals surface area (Å²) >= 11 is 0. The van der Waals surface area contributed by atoms with E-state index in [1.165, 1.54) is 0 Å². The van der Waals surface area contributed by atoms with E-state index >= 15 is 0 Å². The zero-order valence-electron chi connectivity index (χ0n) is 10.7. The van der Waals surface area contributed by atoms with Crippen molar-refractivity contribution in [2.45, 2.75) is 19.3 Å². The van der Waals surface area contributed by atoms with Gasteiger partial charge < -0.3 is 10.2 Å². The zero-order chi connectivity index (χ0) is 13.8. The van der Waals surface area contributed by atoms with Crippen LogP contribution in [0.25, 0.3) is 0 Å². The van der Waals surface area contributed by atoms with Gasteiger partial charge in [0.25, 0.3) is 0 Å². The van der Waals surface area contributed by atoms with E-state index in [9.17, 15) is 9.90 Å². The van der Waals surface area contributed by atoms with Crippen LogP contribution in [0.2, 0.25) is 0 Å². The predicted octanol–water partition coefficient (Wildman–Crippen LogP) is 3.44. The van der Waals surface area contributed by atoms with Gasteiger partial charge >= 0.3 is 5.97 Å². The summed E-state index contributed by atoms with van der Waals surface area (Å²) in [5.41, 5.74) is 2.27. The molecule has 0 radical (unpaired) electrons. The van der Waals surface area contributed by atoms with Crippen LogP contribution in [-0.2, 0) is 6.42 Å². The van der Waals surface area contributed by atoms with Crippen LogP contribution >= 0.6 is 0 Å². The van der Waals surface area contributed by atoms with E-state index in [4.69, 9.17) is 5.11 Å². The van der Waals surface area contributed by atoms with Crippen LogP contribution in [0.15, 0.2) is 48.5 Å². The average Bonchev–Trinajstić information content (AvgIpc) is 2.39. The number of carboxylic acids is 1. The molecule has 1 atom stereocenters. The lowest BCUT2D eigenvalue weighted by molar-refractivity contribution is 0.0695. The summed E-state index contributed by atoms with van der Waals surface area (Å²) in [4.78, 5) is 11.2. The first-order chi connectivity index (χ1) is 9.08. The minimum atomic E-state index is -0.895. The van der Waals surface area contributed by atoms with E-state index in [1.807, 2.05) is 31.2 Å². The van der Waals surface area contributed by atoms with Crippen LogP contribution < -0.4 is 0 Å². The van der Waals surface area contributed by atoms with Crippen LogP contribution in [0.3, 0.4) is 0 Å². The fraction of sp³-hybridized carbons (Fsp3) is 0.188. The number of aromatic carboxylic acids is 1. The standard InChI is InChI=1S/C16H16O3/c1-11(12-6-8-14(17)9-7-12)10-13-4-2-3-5-15(13)16(18)19/h2-9,11,17H,10H2,1H3,(H,18,19)/t11-/m0/s1. The van der Waals surface area contributed by atoms with Crippen molar-refractivity contribution in [1.82, 2.24) is 0 Å². The van der Waals surface area contributed by atoms with Crippen molar-refractivity contribution in [2.75, 3.05) is 0 Å². The zero-order valence-corrected chi connectivity index (χ0v) is 10.7. The fourth-order valence-electron chi connectivity index (χ4n) is 2.16. The van der Waals surface area contributed by atoms with Gasteiger partial charge in [-0.15, -0.1) is 0 Å². The van der Waals surface area contributed by atoms with E-state index in [1.54, 1.807) is 24.3 Å². The van der Waals surface area contributed by atoms with Crippen molar-refractivity contribution in [3.8, 4) is 5.75 Å². The minimum absolute atomic E-state index is 0.195. The summed E-state index contributed by atoms with van der Waals surface area (Å²) in [5.74, 6) is -0.462. The Bertz CT molecular complexity index is 573. The molecule has 0 saturated heterocycles. The molecule has 0 aromatic heterocycles. The summed E-state index contributed by atoms with van der Waals surface area (Å²) < 4.78 is 0. The quantitative estimate of drug-likeness (QED) is 0.881. The van der Waals surface area contributed by atoms with Crippen molar-refractivity contribution >= 4 is 5.97 Å². The second kappa shape index (κ2) is 5.57. The Labute approximate surface area is 112 Å². The lowest BCUT2D eigenvalue weighted by Gasteiger charge is -2.13. The van der Waals surface area contributed by atoms with Crippen LogP contribution in [0.4, 0.5) is 0 Å². The molecule has 0 amide bonds. The maximum absolute atomic E-state index is 11.2. The van der Waals surface area contributed by atoms with Crippen molar-refractivity contribution in [3.63, 3.8) is 0 Å². The van der Waals surface area contributed by atoms with E-state index in [0.717, 1.165) is 11.1 Å². The number of rotatable bonds is 4. The molecule has 0 spiro atoms. The molecule has 2 aromatic rings. The summed E-state index contributed by atoms with van der Waals surface area (Å²) in [7, 11) is 0. The molecule has 0 aliphatic rings. The van der Waals surface area contributed by atoms with Gasteiger partial charge in [0.1, 0.15) is 5.75 Å². The SMILES string of the molecule is C[C@@H](Cc1ccccc1C(=O)O)c1ccc(O)cc1. The van der Waals surface area contributed by atoms with Crippen LogP contribution in [-0.4, -0.2) is 16.2 Å². The molecule has 2 aromatic carbocycles. The first-order valence-corrected chi connectivity index (χ1v) is 6.18. The average molecular weight is 256 g/mol. The number of hydrogen-bond donors (Lipinski definition) is 2. The summed E-state index contributed by atoms with van der Waals surface area (Å²) in [5, 5.41) is 18.4. The number of aromatic hydroxyl groups is 1. The van der Waals surface area contributed by atoms with Gasteiger partial charge in [-0.3, -0.25) is 0 Å². The molecule has 3 nitrogen and oxygen atoms in total. The number of phenols is 1. The first kappa shape index (κ1) is 13.1. The van der Waals surface area contributed by atoms with Gasteiger partial charge in [-0.25, -0.2) is 4.79 Å². The number of carboxylic acid groups (broad SMARTS) is 1. The predicted molar refractivity (Wildman–Crippen MR) is 73.6 cm³/mol. The molecule has 0 aliphatic heterocycles. The summed E-state index contributed by atoms with van der Waals surface area (Å²) in [6, 6.07) is 14.1. The van der Waals surface area contributed by atoms with E-state index in [0.29, 0.717) is 12.0 Å². The Balaban J connectivity index is 2.21. The molecular formula is C16H16O3. The molecule has 0 unspecified atom stereocenters. The van der Waals surface area contributed by atoms with Gasteiger partial charge in [0.2, 0.25) is 0 Å². The first-order valence-electron chi connectivity index (χ1n) is 6.18. The molecule has 0 saturated carbocycles. The Morgan fingerprint density at radius 1 is 1.11 bits per heavy atom. The highest BCUT2D eigenvalue weighted by atomic mass is 16.4. The molecule has 3 heteroatoms. The van der Waals surface area contributed by atoms with Gasteiger partial charge in [0, 0.05) is 0 Å². The smallest absolute Gasteiger partial charge is 0.335 e. The molecule has 0 aliphatic carbocycles. The van der Waals surface area contributed by atoms with Gasteiger partial charge in [0.05, 0.1) is 5.56 Å². The maximum Gasteiger partial charge on any atom is 0.335 e. The van der Waals surface area contributed by atoms with Crippen molar-refractivity contribution in [1.29, 1.82) is 0 Å². The molecule has 2 rings (SSSR count). The van der Waals surface area contributed by atoms with E-state index in [2.05, 4.69) is 0 Å². The second-order valence-corrected chi connectivity index (χ2v) is 4.66. The third kappa shape index (κ3) is 3.13. The van der Waals surface area contributed by atoms with Crippen LogP contribution in [0.5, 0.6) is 5.75 Å². The highest BCUT2D eigenvalue weighted by molar-refractivity contribution is 5.89. The molecule has 2 N–H and O–H groups in total.